The van der Waals surface area contributed by atoms with Gasteiger partial charge in [-0.05, 0) is 24.6 Å². The van der Waals surface area contributed by atoms with E-state index in [-0.39, 0.29) is 0 Å². The first kappa shape index (κ1) is 12.2. The number of hydrogen-bond donors (Lipinski definition) is 1. The van der Waals surface area contributed by atoms with Crippen molar-refractivity contribution < 1.29 is 0 Å². The highest BCUT2D eigenvalue weighted by molar-refractivity contribution is 7.09. The molecule has 4 heteroatoms. The van der Waals surface area contributed by atoms with Gasteiger partial charge in [0.1, 0.15) is 5.01 Å². The highest BCUT2D eigenvalue weighted by Gasteiger charge is 2.04. The fourth-order valence-corrected chi connectivity index (χ4v) is 2.29. The maximum Gasteiger partial charge on any atom is 0.107 e. The molecule has 0 saturated heterocycles. The zero-order chi connectivity index (χ0) is 12.1. The summed E-state index contributed by atoms with van der Waals surface area (Å²) in [4.78, 5) is 8.62. The lowest BCUT2D eigenvalue weighted by molar-refractivity contribution is 0.551. The van der Waals surface area contributed by atoms with Crippen molar-refractivity contribution in [3.05, 3.63) is 34.9 Å². The van der Waals surface area contributed by atoms with E-state index in [1.807, 2.05) is 12.1 Å². The Morgan fingerprint density at radius 1 is 1.29 bits per heavy atom. The zero-order valence-corrected chi connectivity index (χ0v) is 11.0. The average molecular weight is 247 g/mol. The first-order valence-corrected chi connectivity index (χ1v) is 6.69. The molecule has 90 valence electrons. The van der Waals surface area contributed by atoms with Gasteiger partial charge in [0.05, 0.1) is 5.69 Å². The Morgan fingerprint density at radius 2 is 2.06 bits per heavy atom. The molecular weight excluding hydrogens is 230 g/mol. The normalized spacial score (nSPS) is 11.0. The standard InChI is InChI=1S/C13H17N3S/c1-10(2)7-15-8-13-16-12(9-17-13)11-3-5-14-6-4-11/h3-6,9-10,15H,7-8H2,1-2H3. The van der Waals surface area contributed by atoms with Crippen LogP contribution in [0.5, 0.6) is 0 Å². The number of pyridine rings is 1. The number of hydrogen-bond acceptors (Lipinski definition) is 4. The molecule has 2 heterocycles. The van der Waals surface area contributed by atoms with Crippen molar-refractivity contribution in [2.75, 3.05) is 6.54 Å². The second-order valence-corrected chi connectivity index (χ2v) is 5.33. The lowest BCUT2D eigenvalue weighted by atomic mass is 10.2. The highest BCUT2D eigenvalue weighted by Crippen LogP contribution is 2.20. The van der Waals surface area contributed by atoms with Crippen molar-refractivity contribution in [2.45, 2.75) is 20.4 Å². The van der Waals surface area contributed by atoms with Crippen LogP contribution in [0.15, 0.2) is 29.9 Å². The molecule has 2 aromatic rings. The maximum atomic E-state index is 4.61. The topological polar surface area (TPSA) is 37.8 Å². The summed E-state index contributed by atoms with van der Waals surface area (Å²) in [5, 5.41) is 6.64. The van der Waals surface area contributed by atoms with Crippen LogP contribution < -0.4 is 5.32 Å². The van der Waals surface area contributed by atoms with Crippen molar-refractivity contribution in [1.82, 2.24) is 15.3 Å². The summed E-state index contributed by atoms with van der Waals surface area (Å²) in [6.07, 6.45) is 3.59. The number of aromatic nitrogens is 2. The fourth-order valence-electron chi connectivity index (χ4n) is 1.52. The van der Waals surface area contributed by atoms with E-state index in [2.05, 4.69) is 34.5 Å². The summed E-state index contributed by atoms with van der Waals surface area (Å²) < 4.78 is 0. The van der Waals surface area contributed by atoms with Crippen LogP contribution in [0.25, 0.3) is 11.3 Å². The Labute approximate surface area is 106 Å². The molecule has 0 aromatic carbocycles. The van der Waals surface area contributed by atoms with E-state index in [1.165, 1.54) is 0 Å². The third-order valence-electron chi connectivity index (χ3n) is 2.36. The molecule has 0 spiro atoms. The average Bonchev–Trinajstić information content (AvgIpc) is 2.78. The van der Waals surface area contributed by atoms with E-state index in [9.17, 15) is 0 Å². The minimum atomic E-state index is 0.676. The van der Waals surface area contributed by atoms with Crippen molar-refractivity contribution >= 4 is 11.3 Å². The van der Waals surface area contributed by atoms with E-state index in [0.717, 1.165) is 29.4 Å². The summed E-state index contributed by atoms with van der Waals surface area (Å²) in [5.74, 6) is 0.676. The van der Waals surface area contributed by atoms with E-state index in [4.69, 9.17) is 0 Å². The lowest BCUT2D eigenvalue weighted by Crippen LogP contribution is -2.18. The molecule has 2 aromatic heterocycles. The first-order chi connectivity index (χ1) is 8.25. The second kappa shape index (κ2) is 5.89. The summed E-state index contributed by atoms with van der Waals surface area (Å²) >= 11 is 1.70. The smallest absolute Gasteiger partial charge is 0.107 e. The van der Waals surface area contributed by atoms with E-state index >= 15 is 0 Å². The molecule has 0 unspecified atom stereocenters. The molecule has 2 rings (SSSR count). The maximum absolute atomic E-state index is 4.61. The van der Waals surface area contributed by atoms with Gasteiger partial charge in [0, 0.05) is 29.9 Å². The summed E-state index contributed by atoms with van der Waals surface area (Å²) in [6.45, 7) is 6.30. The SMILES string of the molecule is CC(C)CNCc1nc(-c2ccncc2)cs1. The van der Waals surface area contributed by atoms with Crippen LogP contribution in [-0.2, 0) is 6.54 Å². The van der Waals surface area contributed by atoms with Gasteiger partial charge in [-0.25, -0.2) is 4.98 Å². The van der Waals surface area contributed by atoms with Gasteiger partial charge < -0.3 is 5.32 Å². The number of rotatable bonds is 5. The van der Waals surface area contributed by atoms with Gasteiger partial charge in [0.2, 0.25) is 0 Å². The van der Waals surface area contributed by atoms with E-state index in [0.29, 0.717) is 5.92 Å². The van der Waals surface area contributed by atoms with Crippen LogP contribution in [0.2, 0.25) is 0 Å². The molecule has 0 amide bonds. The van der Waals surface area contributed by atoms with Crippen LogP contribution in [0.4, 0.5) is 0 Å². The van der Waals surface area contributed by atoms with Crippen LogP contribution in [0.3, 0.4) is 0 Å². The molecule has 0 aliphatic heterocycles. The minimum absolute atomic E-state index is 0.676. The molecule has 0 fully saturated rings. The largest absolute Gasteiger partial charge is 0.310 e. The molecule has 0 bridgehead atoms. The Bertz CT molecular complexity index is 451. The number of nitrogens with zero attached hydrogens (tertiary/aromatic N) is 2. The van der Waals surface area contributed by atoms with E-state index < -0.39 is 0 Å². The molecule has 0 aliphatic rings. The molecule has 0 atom stereocenters. The predicted molar refractivity (Wildman–Crippen MR) is 71.9 cm³/mol. The Balaban J connectivity index is 1.97. The van der Waals surface area contributed by atoms with Gasteiger partial charge >= 0.3 is 0 Å². The minimum Gasteiger partial charge on any atom is -0.310 e. The van der Waals surface area contributed by atoms with Gasteiger partial charge in [-0.3, -0.25) is 4.98 Å². The molecule has 0 saturated carbocycles. The number of nitrogens with one attached hydrogen (secondary N) is 1. The Morgan fingerprint density at radius 3 is 2.76 bits per heavy atom. The Hall–Kier alpha value is -1.26. The fraction of sp³-hybridized carbons (Fsp3) is 0.385. The molecule has 17 heavy (non-hydrogen) atoms. The van der Waals surface area contributed by atoms with E-state index in [1.54, 1.807) is 23.7 Å². The van der Waals surface area contributed by atoms with Crippen molar-refractivity contribution in [1.29, 1.82) is 0 Å². The second-order valence-electron chi connectivity index (χ2n) is 4.39. The third-order valence-corrected chi connectivity index (χ3v) is 3.21. The van der Waals surface area contributed by atoms with Crippen LogP contribution in [-0.4, -0.2) is 16.5 Å². The van der Waals surface area contributed by atoms with Gasteiger partial charge in [0.15, 0.2) is 0 Å². The number of thiazole rings is 1. The lowest BCUT2D eigenvalue weighted by Gasteiger charge is -2.04. The predicted octanol–water partition coefficient (Wildman–Crippen LogP) is 2.95. The Kier molecular flexibility index (Phi) is 4.23. The summed E-state index contributed by atoms with van der Waals surface area (Å²) in [6, 6.07) is 3.97. The van der Waals surface area contributed by atoms with Crippen LogP contribution in [0, 0.1) is 5.92 Å². The first-order valence-electron chi connectivity index (χ1n) is 5.81. The highest BCUT2D eigenvalue weighted by atomic mass is 32.1. The molecule has 3 nitrogen and oxygen atoms in total. The van der Waals surface area contributed by atoms with Gasteiger partial charge in [0.25, 0.3) is 0 Å². The summed E-state index contributed by atoms with van der Waals surface area (Å²) in [5.41, 5.74) is 2.17. The molecule has 0 radical (unpaired) electrons. The molecule has 1 N–H and O–H groups in total. The third kappa shape index (κ3) is 3.61. The van der Waals surface area contributed by atoms with Crippen molar-refractivity contribution in [3.8, 4) is 11.3 Å². The van der Waals surface area contributed by atoms with Gasteiger partial charge in [-0.15, -0.1) is 11.3 Å². The van der Waals surface area contributed by atoms with Gasteiger partial charge in [-0.2, -0.15) is 0 Å². The molecule has 0 aliphatic carbocycles. The van der Waals surface area contributed by atoms with Crippen LogP contribution in [0.1, 0.15) is 18.9 Å². The summed E-state index contributed by atoms with van der Waals surface area (Å²) in [7, 11) is 0. The van der Waals surface area contributed by atoms with Crippen molar-refractivity contribution in [2.24, 2.45) is 5.92 Å². The quantitative estimate of drug-likeness (QED) is 0.882. The zero-order valence-electron chi connectivity index (χ0n) is 10.2. The molecular formula is C13H17N3S. The monoisotopic (exact) mass is 247 g/mol. The van der Waals surface area contributed by atoms with Gasteiger partial charge in [-0.1, -0.05) is 13.8 Å². The van der Waals surface area contributed by atoms with Crippen LogP contribution >= 0.6 is 11.3 Å². The van der Waals surface area contributed by atoms with Crippen molar-refractivity contribution in [3.63, 3.8) is 0 Å².